The van der Waals surface area contributed by atoms with E-state index < -0.39 is 0 Å². The van der Waals surface area contributed by atoms with Crippen LogP contribution < -0.4 is 16.0 Å². The fourth-order valence-corrected chi connectivity index (χ4v) is 1.29. The van der Waals surface area contributed by atoms with Gasteiger partial charge >= 0.3 is 0 Å². The molecule has 5 nitrogen and oxygen atoms in total. The van der Waals surface area contributed by atoms with Gasteiger partial charge in [-0.15, -0.1) is 0 Å². The first-order chi connectivity index (χ1) is 6.22. The highest BCUT2D eigenvalue weighted by molar-refractivity contribution is 5.96. The van der Waals surface area contributed by atoms with Crippen molar-refractivity contribution in [2.75, 3.05) is 20.1 Å². The van der Waals surface area contributed by atoms with Gasteiger partial charge in [0.2, 0.25) is 11.8 Å². The van der Waals surface area contributed by atoms with Crippen molar-refractivity contribution in [3.63, 3.8) is 0 Å². The van der Waals surface area contributed by atoms with Crippen molar-refractivity contribution < 1.29 is 9.59 Å². The summed E-state index contributed by atoms with van der Waals surface area (Å²) in [5, 5.41) is 8.32. The molecule has 5 heteroatoms. The van der Waals surface area contributed by atoms with Crippen LogP contribution in [0.15, 0.2) is 0 Å². The first kappa shape index (κ1) is 9.98. The summed E-state index contributed by atoms with van der Waals surface area (Å²) in [6.45, 7) is 1.74. The van der Waals surface area contributed by atoms with Gasteiger partial charge in [-0.1, -0.05) is 0 Å². The van der Waals surface area contributed by atoms with Crippen LogP contribution in [0, 0.1) is 0 Å². The molecule has 0 aliphatic carbocycles. The summed E-state index contributed by atoms with van der Waals surface area (Å²) in [6, 6.07) is 0.192. The van der Waals surface area contributed by atoms with Gasteiger partial charge in [0.25, 0.3) is 0 Å². The average molecular weight is 185 g/mol. The minimum absolute atomic E-state index is 0.0764. The lowest BCUT2D eigenvalue weighted by molar-refractivity contribution is -0.129. The largest absolute Gasteiger partial charge is 0.359 e. The highest BCUT2D eigenvalue weighted by Gasteiger charge is 2.17. The van der Waals surface area contributed by atoms with Gasteiger partial charge in [0.15, 0.2) is 0 Å². The van der Waals surface area contributed by atoms with E-state index in [1.807, 2.05) is 0 Å². The molecule has 0 radical (unpaired) electrons. The molecule has 1 aliphatic rings. The number of carbonyl (C=O) groups excluding carboxylic acids is 2. The minimum atomic E-state index is -0.247. The Kier molecular flexibility index (Phi) is 3.70. The second kappa shape index (κ2) is 4.81. The zero-order valence-corrected chi connectivity index (χ0v) is 7.72. The Labute approximate surface area is 77.3 Å². The van der Waals surface area contributed by atoms with Crippen LogP contribution in [0.25, 0.3) is 0 Å². The van der Waals surface area contributed by atoms with E-state index in [9.17, 15) is 9.59 Å². The normalized spacial score (nSPS) is 21.2. The predicted molar refractivity (Wildman–Crippen MR) is 48.1 cm³/mol. The minimum Gasteiger partial charge on any atom is -0.359 e. The van der Waals surface area contributed by atoms with Gasteiger partial charge in [-0.3, -0.25) is 9.59 Å². The van der Waals surface area contributed by atoms with E-state index in [0.29, 0.717) is 0 Å². The van der Waals surface area contributed by atoms with Gasteiger partial charge in [0.05, 0.1) is 0 Å². The van der Waals surface area contributed by atoms with Crippen molar-refractivity contribution in [1.82, 2.24) is 16.0 Å². The van der Waals surface area contributed by atoms with E-state index in [1.165, 1.54) is 7.05 Å². The molecule has 3 N–H and O–H groups in total. The fraction of sp³-hybridized carbons (Fsp3) is 0.750. The molecule has 1 fully saturated rings. The summed E-state index contributed by atoms with van der Waals surface area (Å²) >= 11 is 0. The molecule has 1 aliphatic heterocycles. The van der Waals surface area contributed by atoms with E-state index in [4.69, 9.17) is 0 Å². The van der Waals surface area contributed by atoms with Gasteiger partial charge in [-0.2, -0.15) is 0 Å². The molecule has 1 saturated heterocycles. The van der Waals surface area contributed by atoms with Crippen molar-refractivity contribution in [1.29, 1.82) is 0 Å². The third-order valence-corrected chi connectivity index (χ3v) is 2.03. The third kappa shape index (κ3) is 3.42. The van der Waals surface area contributed by atoms with Crippen molar-refractivity contribution in [3.05, 3.63) is 0 Å². The van der Waals surface area contributed by atoms with E-state index >= 15 is 0 Å². The van der Waals surface area contributed by atoms with Crippen LogP contribution in [0.2, 0.25) is 0 Å². The molecular weight excluding hydrogens is 170 g/mol. The lowest BCUT2D eigenvalue weighted by atomic mass is 10.2. The Morgan fingerprint density at radius 3 is 2.77 bits per heavy atom. The Hall–Kier alpha value is -1.10. The Bertz CT molecular complexity index is 200. The zero-order valence-electron chi connectivity index (χ0n) is 7.72. The van der Waals surface area contributed by atoms with E-state index in [2.05, 4.69) is 16.0 Å². The van der Waals surface area contributed by atoms with Crippen LogP contribution in [0.5, 0.6) is 0 Å². The molecule has 0 aromatic heterocycles. The maximum absolute atomic E-state index is 11.2. The van der Waals surface area contributed by atoms with Gasteiger partial charge in [0, 0.05) is 19.6 Å². The van der Waals surface area contributed by atoms with Gasteiger partial charge < -0.3 is 16.0 Å². The highest BCUT2D eigenvalue weighted by Crippen LogP contribution is 1.97. The monoisotopic (exact) mass is 185 g/mol. The van der Waals surface area contributed by atoms with Crippen LogP contribution in [-0.2, 0) is 9.59 Å². The van der Waals surface area contributed by atoms with Crippen LogP contribution in [-0.4, -0.2) is 38.0 Å². The SMILES string of the molecule is CNC(=O)CC(=O)NC1CCNC1. The molecule has 1 atom stereocenters. The Morgan fingerprint density at radius 2 is 2.23 bits per heavy atom. The quantitative estimate of drug-likeness (QED) is 0.474. The third-order valence-electron chi connectivity index (χ3n) is 2.03. The van der Waals surface area contributed by atoms with Crippen LogP contribution in [0.3, 0.4) is 0 Å². The summed E-state index contributed by atoms with van der Waals surface area (Å²) in [5.74, 6) is -0.448. The molecule has 0 bridgehead atoms. The smallest absolute Gasteiger partial charge is 0.229 e. The lowest BCUT2D eigenvalue weighted by Gasteiger charge is -2.10. The number of hydrogen-bond donors (Lipinski definition) is 3. The maximum atomic E-state index is 11.2. The molecule has 1 rings (SSSR count). The molecule has 74 valence electrons. The van der Waals surface area contributed by atoms with Gasteiger partial charge in [-0.25, -0.2) is 0 Å². The first-order valence-electron chi connectivity index (χ1n) is 4.43. The van der Waals surface area contributed by atoms with Crippen LogP contribution in [0.4, 0.5) is 0 Å². The summed E-state index contributed by atoms with van der Waals surface area (Å²) in [4.78, 5) is 22.0. The first-order valence-corrected chi connectivity index (χ1v) is 4.43. The van der Waals surface area contributed by atoms with E-state index in [0.717, 1.165) is 19.5 Å². The molecule has 0 saturated carbocycles. The highest BCUT2D eigenvalue weighted by atomic mass is 16.2. The molecule has 0 spiro atoms. The summed E-state index contributed by atoms with van der Waals surface area (Å²) in [7, 11) is 1.52. The second-order valence-corrected chi connectivity index (χ2v) is 3.11. The predicted octanol–water partition coefficient (Wildman–Crippen LogP) is -1.40. The van der Waals surface area contributed by atoms with Crippen molar-refractivity contribution in [3.8, 4) is 0 Å². The van der Waals surface area contributed by atoms with Crippen molar-refractivity contribution in [2.45, 2.75) is 18.9 Å². The second-order valence-electron chi connectivity index (χ2n) is 3.11. The number of nitrogens with one attached hydrogen (secondary N) is 3. The Balaban J connectivity index is 2.20. The maximum Gasteiger partial charge on any atom is 0.229 e. The number of hydrogen-bond acceptors (Lipinski definition) is 3. The van der Waals surface area contributed by atoms with E-state index in [-0.39, 0.29) is 24.3 Å². The summed E-state index contributed by atoms with van der Waals surface area (Å²) < 4.78 is 0. The molecule has 0 aromatic rings. The molecule has 1 heterocycles. The lowest BCUT2D eigenvalue weighted by Crippen LogP contribution is -2.38. The molecule has 1 unspecified atom stereocenters. The molecule has 13 heavy (non-hydrogen) atoms. The van der Waals surface area contributed by atoms with Crippen molar-refractivity contribution in [2.24, 2.45) is 0 Å². The van der Waals surface area contributed by atoms with Crippen LogP contribution >= 0.6 is 0 Å². The molecular formula is C8H15N3O2. The van der Waals surface area contributed by atoms with E-state index in [1.54, 1.807) is 0 Å². The standard InChI is InChI=1S/C8H15N3O2/c1-9-7(12)4-8(13)11-6-2-3-10-5-6/h6,10H,2-5H2,1H3,(H,9,12)(H,11,13). The summed E-state index contributed by atoms with van der Waals surface area (Å²) in [6.07, 6.45) is 0.868. The fourth-order valence-electron chi connectivity index (χ4n) is 1.29. The summed E-state index contributed by atoms with van der Waals surface area (Å²) in [5.41, 5.74) is 0. The molecule has 2 amide bonds. The van der Waals surface area contributed by atoms with Gasteiger partial charge in [0.1, 0.15) is 6.42 Å². The Morgan fingerprint density at radius 1 is 1.46 bits per heavy atom. The zero-order chi connectivity index (χ0) is 9.68. The van der Waals surface area contributed by atoms with Crippen LogP contribution in [0.1, 0.15) is 12.8 Å². The van der Waals surface area contributed by atoms with Crippen molar-refractivity contribution >= 4 is 11.8 Å². The van der Waals surface area contributed by atoms with Gasteiger partial charge in [-0.05, 0) is 13.0 Å². The number of amides is 2. The molecule has 0 aromatic carbocycles. The average Bonchev–Trinajstić information content (AvgIpc) is 2.56. The number of rotatable bonds is 3. The topological polar surface area (TPSA) is 70.2 Å². The number of carbonyl (C=O) groups is 2.